The fraction of sp³-hybridized carbons (Fsp3) is 0.509. The summed E-state index contributed by atoms with van der Waals surface area (Å²) in [5, 5.41) is 15.2. The second-order valence-corrected chi connectivity index (χ2v) is 43.0. The molecule has 0 aromatic heterocycles. The molecule has 4 rings (SSSR count). The number of hydrogen-bond acceptors (Lipinski definition) is 18. The molecule has 85 heavy (non-hydrogen) atoms. The van der Waals surface area contributed by atoms with Crippen LogP contribution >= 0.6 is 70.3 Å². The molecule has 484 valence electrons. The zero-order chi connectivity index (χ0) is 66.6. The largest absolute Gasteiger partial charge is 1.00 e. The van der Waals surface area contributed by atoms with Crippen LogP contribution in [-0.4, -0.2) is 106 Å². The van der Waals surface area contributed by atoms with Gasteiger partial charge in [0.2, 0.25) is 0 Å². The Morgan fingerprint density at radius 1 is 0.529 bits per heavy atom. The van der Waals surface area contributed by atoms with Gasteiger partial charge in [0.1, 0.15) is 15.9 Å². The number of carbonyl (C=O) groups is 3. The van der Waals surface area contributed by atoms with Gasteiger partial charge in [-0.05, 0) is 137 Å². The van der Waals surface area contributed by atoms with Crippen LogP contribution in [0.4, 0.5) is 0 Å². The number of aliphatic hydroxyl groups is 2. The molecule has 0 saturated carbocycles. The average Bonchev–Trinajstić information content (AvgIpc) is 3.37. The molecule has 4 aromatic rings. The second-order valence-electron chi connectivity index (χ2n) is 19.2. The second kappa shape index (κ2) is 44.3. The van der Waals surface area contributed by atoms with Crippen LogP contribution in [0.15, 0.2) is 117 Å². The average molecular weight is 1410 g/mol. The molecule has 0 bridgehead atoms. The van der Waals surface area contributed by atoms with Gasteiger partial charge in [0, 0.05) is 16.1 Å². The number of esters is 2. The van der Waals surface area contributed by atoms with Crippen molar-refractivity contribution >= 4 is 127 Å². The molecular weight excluding hydrogens is 1330 g/mol. The molecule has 0 heterocycles. The van der Waals surface area contributed by atoms with E-state index in [0.29, 0.717) is 38.9 Å². The maximum Gasteiger partial charge on any atom is 1.00 e. The summed E-state index contributed by atoms with van der Waals surface area (Å²) in [7, 11) is -9.81. The number of halogens is 6. The number of hydrogen-bond donors (Lipinski definition) is 2. The summed E-state index contributed by atoms with van der Waals surface area (Å²) in [6, 6.07) is 25.4. The molecule has 0 atom stereocenters. The maximum atomic E-state index is 11.6. The first-order valence-corrected chi connectivity index (χ1v) is 39.0. The number of Topliss-reactive ketones (excluding diaryl/α,β-unsaturated/α-hetero) is 1. The van der Waals surface area contributed by atoms with E-state index in [1.54, 1.807) is 93.6 Å². The molecule has 0 saturated heterocycles. The number of ketones is 1. The van der Waals surface area contributed by atoms with E-state index in [1.165, 1.54) is 24.3 Å². The summed E-state index contributed by atoms with van der Waals surface area (Å²) in [4.78, 5) is 33.9. The minimum atomic E-state index is -4.27. The van der Waals surface area contributed by atoms with Crippen molar-refractivity contribution in [3.63, 3.8) is 0 Å². The molecule has 0 radical (unpaired) electrons. The quantitative estimate of drug-likeness (QED) is 0.0220. The maximum absolute atomic E-state index is 11.6. The van der Waals surface area contributed by atoms with Gasteiger partial charge in [0.05, 0.1) is 70.6 Å². The van der Waals surface area contributed by atoms with Crippen molar-refractivity contribution < 1.29 is 99.5 Å². The van der Waals surface area contributed by atoms with Crippen LogP contribution in [0, 0.1) is 44.4 Å². The molecule has 4 aromatic carbocycles. The first kappa shape index (κ1) is 91.6. The molecule has 0 amide bonds. The predicted octanol–water partition coefficient (Wildman–Crippen LogP) is 11.5. The zero-order valence-electron chi connectivity index (χ0n) is 51.2. The van der Waals surface area contributed by atoms with E-state index in [1.807, 2.05) is 83.1 Å². The van der Waals surface area contributed by atoms with Gasteiger partial charge in [-0.25, -0.2) is 16.8 Å². The molecule has 2 N–H and O–H groups in total. The van der Waals surface area contributed by atoms with Crippen molar-refractivity contribution in [2.24, 2.45) is 16.7 Å². The smallest absolute Gasteiger partial charge is 0.394 e. The fourth-order valence-corrected chi connectivity index (χ4v) is 8.10. The first-order chi connectivity index (χ1) is 38.1. The Balaban J connectivity index is -0.000000293. The normalized spacial score (nSPS) is 11.7. The predicted molar refractivity (Wildman–Crippen MR) is 339 cm³/mol. The van der Waals surface area contributed by atoms with Crippen LogP contribution < -0.4 is 18.9 Å². The Kier molecular flexibility index (Phi) is 47.8. The third-order valence-corrected chi connectivity index (χ3v) is 15.0. The molecule has 0 spiro atoms. The van der Waals surface area contributed by atoms with E-state index in [-0.39, 0.29) is 93.9 Å². The summed E-state index contributed by atoms with van der Waals surface area (Å²) >= 11 is 24.9. The van der Waals surface area contributed by atoms with Crippen molar-refractivity contribution in [2.45, 2.75) is 149 Å². The summed E-state index contributed by atoms with van der Waals surface area (Å²) in [6.45, 7) is 28.7. The molecule has 0 fully saturated rings. The number of benzene rings is 4. The number of aliphatic hydroxyl groups excluding tert-OH is 2. The zero-order valence-corrected chi connectivity index (χ0v) is 59.9. The van der Waals surface area contributed by atoms with Gasteiger partial charge in [0.15, 0.2) is 0 Å². The molecule has 0 aliphatic rings. The molecule has 30 heteroatoms. The summed E-state index contributed by atoms with van der Waals surface area (Å²) < 4.78 is 114. The van der Waals surface area contributed by atoms with Crippen LogP contribution in [0.5, 0.6) is 0 Å². The number of rotatable bonds is 19. The third kappa shape index (κ3) is 50.3. The van der Waals surface area contributed by atoms with Crippen molar-refractivity contribution in [3.05, 3.63) is 119 Å². The van der Waals surface area contributed by atoms with Gasteiger partial charge in [-0.3, -0.25) is 22.7 Å². The van der Waals surface area contributed by atoms with E-state index in [9.17, 15) is 52.6 Å². The molecular formula is C55H84Cl6LiO18PS4. The van der Waals surface area contributed by atoms with Crippen LogP contribution in [0.25, 0.3) is 0 Å². The SMILES string of the molecule is CCCOS(=O)(=O)c1ccc(C)cc1.CCCOS(=O)(=O)c1ccc(C)cc1.CCOC(=O)C(C)(C)CCC(C)(C)C(C)=O.CCOC(=O)C(C)C.Cc1ccc(S(=O)(=O)Cl)cc1.Cc1ccc(S(=O)(=O)[O-])cc1.ClP(Cl)(Cl)(Cl)Cl.OCCO.[Li+]. The van der Waals surface area contributed by atoms with Crippen molar-refractivity contribution in [2.75, 3.05) is 39.6 Å². The van der Waals surface area contributed by atoms with Gasteiger partial charge in [-0.2, -0.15) is 16.8 Å². The minimum Gasteiger partial charge on any atom is -0.394 e. The van der Waals surface area contributed by atoms with E-state index in [2.05, 4.69) is 4.74 Å². The van der Waals surface area contributed by atoms with Crippen LogP contribution in [0.2, 0.25) is 0 Å². The van der Waals surface area contributed by atoms with Crippen molar-refractivity contribution in [1.82, 2.24) is 0 Å². The van der Waals surface area contributed by atoms with E-state index in [0.717, 1.165) is 22.3 Å². The Hall–Kier alpha value is -2.14. The van der Waals surface area contributed by atoms with Crippen molar-refractivity contribution in [1.29, 1.82) is 0 Å². The minimum absolute atomic E-state index is 0. The van der Waals surface area contributed by atoms with Gasteiger partial charge < -0.3 is 24.2 Å². The summed E-state index contributed by atoms with van der Waals surface area (Å²) in [5.41, 5.74) is 3.12. The van der Waals surface area contributed by atoms with Crippen LogP contribution in [0.1, 0.15) is 124 Å². The first-order valence-electron chi connectivity index (χ1n) is 25.7. The molecule has 0 unspecified atom stereocenters. The van der Waals surface area contributed by atoms with Crippen molar-refractivity contribution in [3.8, 4) is 0 Å². The fourth-order valence-electron chi connectivity index (χ4n) is 4.88. The van der Waals surface area contributed by atoms with E-state index >= 15 is 0 Å². The Bertz CT molecular complexity index is 2810. The Labute approximate surface area is 547 Å². The number of aryl methyl sites for hydroxylation is 4. The summed E-state index contributed by atoms with van der Waals surface area (Å²) in [6.07, 6.45) is 2.74. The molecule has 0 aliphatic carbocycles. The van der Waals surface area contributed by atoms with Crippen LogP contribution in [-0.2, 0) is 71.6 Å². The molecule has 0 aliphatic heterocycles. The topological polar surface area (TPSA) is 288 Å². The monoisotopic (exact) mass is 1410 g/mol. The van der Waals surface area contributed by atoms with Gasteiger partial charge in [-0.15, -0.1) is 0 Å². The van der Waals surface area contributed by atoms with E-state index in [4.69, 9.17) is 90.2 Å². The number of ether oxygens (including phenoxy) is 2. The van der Waals surface area contributed by atoms with Gasteiger partial charge >= 0.3 is 90.4 Å². The van der Waals surface area contributed by atoms with E-state index < -0.39 is 48.2 Å². The third-order valence-electron chi connectivity index (χ3n) is 10.1. The Morgan fingerprint density at radius 2 is 0.800 bits per heavy atom. The number of carbonyl (C=O) groups excluding carboxylic acids is 3. The van der Waals surface area contributed by atoms with Gasteiger partial charge in [-0.1, -0.05) is 112 Å². The van der Waals surface area contributed by atoms with Gasteiger partial charge in [0.25, 0.3) is 29.3 Å². The summed E-state index contributed by atoms with van der Waals surface area (Å²) in [5.74, 6) is -0.135. The molecule has 18 nitrogen and oxygen atoms in total. The standard InChI is InChI=1S/C13H24O3.2C10H14O3S.C7H7ClO2S.C7H8O3S.C6H12O2.C2H6O2.Cl5P.Li/c1-7-16-11(15)13(5,6)9-8-12(3,4)10(2)14;2*1-3-8-13-14(11,12)10-6-4-9(2)5-7-10;2*1-6-2-4-7(5-3-6)11(8,9)10;1-4-8-6(7)5(2)3;3-1-2-4;1-6(2,3,4)5;/h7-9H2,1-6H3;2*4-7H,3,8H2,1-2H3;2-5H,1H3;2-5H,1H3,(H,8,9,10);5H,4H2,1-3H3;3-4H,1-2H2;;/q;;;;;;;;+1/p-1. The Morgan fingerprint density at radius 3 is 1.01 bits per heavy atom. The van der Waals surface area contributed by atoms with Crippen LogP contribution in [0.3, 0.4) is 0 Å².